The molecule has 1 aromatic carbocycles. The van der Waals surface area contributed by atoms with E-state index in [9.17, 15) is 9.59 Å². The van der Waals surface area contributed by atoms with Crippen LogP contribution in [0.3, 0.4) is 0 Å². The average Bonchev–Trinajstić information content (AvgIpc) is 3.36. The summed E-state index contributed by atoms with van der Waals surface area (Å²) in [7, 11) is 1.59. The van der Waals surface area contributed by atoms with Crippen molar-refractivity contribution in [2.24, 2.45) is 4.99 Å². The van der Waals surface area contributed by atoms with Crippen molar-refractivity contribution in [3.63, 3.8) is 0 Å². The molecule has 0 spiro atoms. The van der Waals surface area contributed by atoms with Crippen LogP contribution in [0.15, 0.2) is 62.8 Å². The second kappa shape index (κ2) is 8.41. The number of thiophene rings is 1. The maximum absolute atomic E-state index is 13.4. The highest BCUT2D eigenvalue weighted by Gasteiger charge is 2.33. The smallest absolute Gasteiger partial charge is 0.338 e. The third-order valence-corrected chi connectivity index (χ3v) is 6.57. The number of esters is 1. The second-order valence-corrected chi connectivity index (χ2v) is 8.58. The summed E-state index contributed by atoms with van der Waals surface area (Å²) < 4.78 is 12.7. The predicted molar refractivity (Wildman–Crippen MR) is 118 cm³/mol. The number of benzene rings is 1. The summed E-state index contributed by atoms with van der Waals surface area (Å²) >= 11 is 2.88. The molecule has 0 bridgehead atoms. The van der Waals surface area contributed by atoms with E-state index in [0.717, 1.165) is 10.4 Å². The van der Waals surface area contributed by atoms with Gasteiger partial charge in [0.2, 0.25) is 0 Å². The van der Waals surface area contributed by atoms with Crippen LogP contribution in [0.25, 0.3) is 6.08 Å². The van der Waals surface area contributed by atoms with E-state index in [0.29, 0.717) is 26.4 Å². The van der Waals surface area contributed by atoms with E-state index in [1.165, 1.54) is 11.3 Å². The van der Waals surface area contributed by atoms with Crippen molar-refractivity contribution >= 4 is 34.7 Å². The van der Waals surface area contributed by atoms with E-state index in [2.05, 4.69) is 4.99 Å². The SMILES string of the molecule is CCOC(=O)C1=C(C)N=c2sc(=Cc3cccs3)c(=O)n2C1c1ccc(OC)cc1. The molecule has 0 saturated carbocycles. The maximum atomic E-state index is 13.4. The predicted octanol–water partition coefficient (Wildman–Crippen LogP) is 2.87. The number of ether oxygens (including phenoxy) is 2. The summed E-state index contributed by atoms with van der Waals surface area (Å²) in [6, 6.07) is 10.6. The van der Waals surface area contributed by atoms with Crippen molar-refractivity contribution in [1.29, 1.82) is 0 Å². The zero-order valence-electron chi connectivity index (χ0n) is 16.7. The fourth-order valence-electron chi connectivity index (χ4n) is 3.40. The Morgan fingerprint density at radius 3 is 2.67 bits per heavy atom. The van der Waals surface area contributed by atoms with Gasteiger partial charge in [0.15, 0.2) is 4.80 Å². The highest BCUT2D eigenvalue weighted by molar-refractivity contribution is 7.11. The first-order valence-electron chi connectivity index (χ1n) is 9.40. The van der Waals surface area contributed by atoms with Gasteiger partial charge in [0.1, 0.15) is 5.75 Å². The van der Waals surface area contributed by atoms with Gasteiger partial charge in [-0.15, -0.1) is 11.3 Å². The van der Waals surface area contributed by atoms with Gasteiger partial charge in [-0.1, -0.05) is 29.5 Å². The third-order valence-electron chi connectivity index (χ3n) is 4.77. The number of aromatic nitrogens is 1. The van der Waals surface area contributed by atoms with Gasteiger partial charge >= 0.3 is 5.97 Å². The van der Waals surface area contributed by atoms with Gasteiger partial charge in [0.05, 0.1) is 35.6 Å². The first kappa shape index (κ1) is 20.3. The number of allylic oxidation sites excluding steroid dienone is 1. The number of fused-ring (bicyclic) bond motifs is 1. The topological polar surface area (TPSA) is 69.9 Å². The number of thiazole rings is 1. The molecule has 1 unspecified atom stereocenters. The molecule has 3 aromatic rings. The maximum Gasteiger partial charge on any atom is 0.338 e. The van der Waals surface area contributed by atoms with Crippen LogP contribution >= 0.6 is 22.7 Å². The van der Waals surface area contributed by atoms with Crippen molar-refractivity contribution in [1.82, 2.24) is 4.57 Å². The summed E-state index contributed by atoms with van der Waals surface area (Å²) in [6.07, 6.45) is 1.86. The summed E-state index contributed by atoms with van der Waals surface area (Å²) in [4.78, 5) is 32.3. The number of rotatable bonds is 5. The molecule has 2 aromatic heterocycles. The first-order chi connectivity index (χ1) is 14.5. The zero-order valence-corrected chi connectivity index (χ0v) is 18.4. The molecule has 154 valence electrons. The van der Waals surface area contributed by atoms with Crippen molar-refractivity contribution in [2.45, 2.75) is 19.9 Å². The standard InChI is InChI=1S/C22H20N2O4S2/c1-4-28-21(26)18-13(2)23-22-24(19(18)14-7-9-15(27-3)10-8-14)20(25)17(30-22)12-16-6-5-11-29-16/h5-12,19H,4H2,1-3H3. The number of hydrogen-bond acceptors (Lipinski definition) is 7. The molecule has 0 radical (unpaired) electrons. The molecule has 0 amide bonds. The van der Waals surface area contributed by atoms with Crippen LogP contribution in [0.1, 0.15) is 30.3 Å². The van der Waals surface area contributed by atoms with E-state index in [1.54, 1.807) is 36.9 Å². The monoisotopic (exact) mass is 440 g/mol. The van der Waals surface area contributed by atoms with Crippen LogP contribution < -0.4 is 19.6 Å². The molecule has 30 heavy (non-hydrogen) atoms. The highest BCUT2D eigenvalue weighted by atomic mass is 32.1. The van der Waals surface area contributed by atoms with E-state index in [1.807, 2.05) is 47.9 Å². The van der Waals surface area contributed by atoms with E-state index < -0.39 is 12.0 Å². The van der Waals surface area contributed by atoms with Crippen LogP contribution in [0.5, 0.6) is 5.75 Å². The van der Waals surface area contributed by atoms with Crippen LogP contribution in [0.4, 0.5) is 0 Å². The lowest BCUT2D eigenvalue weighted by molar-refractivity contribution is -0.139. The molecule has 1 atom stereocenters. The average molecular weight is 441 g/mol. The minimum atomic E-state index is -0.614. The van der Waals surface area contributed by atoms with Crippen molar-refractivity contribution in [3.05, 3.63) is 83.2 Å². The van der Waals surface area contributed by atoms with Gasteiger partial charge in [-0.25, -0.2) is 9.79 Å². The van der Waals surface area contributed by atoms with Crippen LogP contribution in [0.2, 0.25) is 0 Å². The van der Waals surface area contributed by atoms with Gasteiger partial charge in [-0.05, 0) is 49.1 Å². The molecule has 0 fully saturated rings. The molecule has 3 heterocycles. The number of methoxy groups -OCH3 is 1. The van der Waals surface area contributed by atoms with E-state index in [4.69, 9.17) is 9.47 Å². The molecular weight excluding hydrogens is 420 g/mol. The molecule has 0 aliphatic carbocycles. The molecule has 0 N–H and O–H groups in total. The summed E-state index contributed by atoms with van der Waals surface area (Å²) in [5, 5.41) is 1.96. The Bertz CT molecular complexity index is 1280. The van der Waals surface area contributed by atoms with Crippen molar-refractivity contribution in [2.75, 3.05) is 13.7 Å². The van der Waals surface area contributed by atoms with Crippen molar-refractivity contribution in [3.8, 4) is 5.75 Å². The highest BCUT2D eigenvalue weighted by Crippen LogP contribution is 2.31. The minimum absolute atomic E-state index is 0.178. The second-order valence-electron chi connectivity index (χ2n) is 6.59. The van der Waals surface area contributed by atoms with Crippen molar-refractivity contribution < 1.29 is 14.3 Å². The number of carbonyl (C=O) groups is 1. The Balaban J connectivity index is 1.95. The Hall–Kier alpha value is -2.97. The molecule has 1 aliphatic rings. The van der Waals surface area contributed by atoms with Gasteiger partial charge < -0.3 is 9.47 Å². The fraction of sp³-hybridized carbons (Fsp3) is 0.227. The third kappa shape index (κ3) is 3.64. The molecular formula is C22H20N2O4S2. The normalized spacial score (nSPS) is 16.2. The van der Waals surface area contributed by atoms with Crippen LogP contribution in [-0.2, 0) is 9.53 Å². The molecule has 6 nitrogen and oxygen atoms in total. The quantitative estimate of drug-likeness (QED) is 0.572. The molecule has 8 heteroatoms. The Morgan fingerprint density at radius 1 is 1.27 bits per heavy atom. The fourth-order valence-corrected chi connectivity index (χ4v) is 5.17. The molecule has 0 saturated heterocycles. The van der Waals surface area contributed by atoms with E-state index in [-0.39, 0.29) is 12.2 Å². The summed E-state index contributed by atoms with van der Waals surface area (Å²) in [6.45, 7) is 3.78. The largest absolute Gasteiger partial charge is 0.497 e. The summed E-state index contributed by atoms with van der Waals surface area (Å²) in [5.74, 6) is 0.231. The molecule has 1 aliphatic heterocycles. The first-order valence-corrected chi connectivity index (χ1v) is 11.1. The number of hydrogen-bond donors (Lipinski definition) is 0. The Labute approximate surface area is 181 Å². The lowest BCUT2D eigenvalue weighted by atomic mass is 9.96. The van der Waals surface area contributed by atoms with Gasteiger partial charge in [-0.2, -0.15) is 0 Å². The molecule has 4 rings (SSSR count). The van der Waals surface area contributed by atoms with Crippen LogP contribution in [0, 0.1) is 0 Å². The van der Waals surface area contributed by atoms with E-state index >= 15 is 0 Å². The summed E-state index contributed by atoms with van der Waals surface area (Å²) in [5.41, 5.74) is 1.54. The number of carbonyl (C=O) groups excluding carboxylic acids is 1. The number of nitrogens with zero attached hydrogens (tertiary/aromatic N) is 2. The Kier molecular flexibility index (Phi) is 5.69. The Morgan fingerprint density at radius 2 is 2.03 bits per heavy atom. The lowest BCUT2D eigenvalue weighted by Gasteiger charge is -2.24. The van der Waals surface area contributed by atoms with Gasteiger partial charge in [-0.3, -0.25) is 9.36 Å². The van der Waals surface area contributed by atoms with Gasteiger partial charge in [0, 0.05) is 4.88 Å². The minimum Gasteiger partial charge on any atom is -0.497 e. The zero-order chi connectivity index (χ0) is 21.3. The van der Waals surface area contributed by atoms with Gasteiger partial charge in [0.25, 0.3) is 5.56 Å². The van der Waals surface area contributed by atoms with Crippen LogP contribution in [-0.4, -0.2) is 24.3 Å². The lowest BCUT2D eigenvalue weighted by Crippen LogP contribution is -2.39.